The van der Waals surface area contributed by atoms with Crippen molar-refractivity contribution in [2.45, 2.75) is 12.8 Å². The van der Waals surface area contributed by atoms with Gasteiger partial charge in [-0.05, 0) is 41.4 Å². The molecule has 2 aromatic heterocycles. The fraction of sp³-hybridized carbons (Fsp3) is 0.167. The fourth-order valence-electron chi connectivity index (χ4n) is 1.46. The van der Waals surface area contributed by atoms with E-state index in [0.29, 0.717) is 0 Å². The highest BCUT2D eigenvalue weighted by molar-refractivity contribution is 6.29. The fourth-order valence-corrected chi connectivity index (χ4v) is 1.61. The van der Waals surface area contributed by atoms with Crippen molar-refractivity contribution in [3.8, 4) is 0 Å². The zero-order valence-electron chi connectivity index (χ0n) is 8.68. The number of hydrogen-bond donors (Lipinski definition) is 0. The highest BCUT2D eigenvalue weighted by atomic mass is 35.5. The first-order valence-electron chi connectivity index (χ1n) is 4.88. The molecule has 0 bridgehead atoms. The average molecular weight is 236 g/mol. The van der Waals surface area contributed by atoms with Crippen LogP contribution in [0.2, 0.25) is 5.22 Å². The van der Waals surface area contributed by atoms with E-state index in [0.717, 1.165) is 5.56 Å². The number of carbonyl (C=O) groups excluding carboxylic acids is 1. The predicted octanol–water partition coefficient (Wildman–Crippen LogP) is 3.31. The maximum absolute atomic E-state index is 12.0. The number of ketones is 1. The summed E-state index contributed by atoms with van der Waals surface area (Å²) in [5.41, 5.74) is 0.910. The van der Waals surface area contributed by atoms with Crippen LogP contribution in [0.5, 0.6) is 0 Å². The summed E-state index contributed by atoms with van der Waals surface area (Å²) in [4.78, 5) is 15.9. The van der Waals surface area contributed by atoms with Gasteiger partial charge in [-0.25, -0.2) is 0 Å². The van der Waals surface area contributed by atoms with E-state index in [1.54, 1.807) is 24.5 Å². The zero-order chi connectivity index (χ0) is 11.5. The summed E-state index contributed by atoms with van der Waals surface area (Å²) in [6, 6.07) is 6.77. The number of hydrogen-bond acceptors (Lipinski definition) is 3. The molecule has 2 aromatic rings. The van der Waals surface area contributed by atoms with Gasteiger partial charge in [0.25, 0.3) is 0 Å². The molecule has 0 fully saturated rings. The van der Waals surface area contributed by atoms with Crippen LogP contribution in [0.1, 0.15) is 29.0 Å². The first-order chi connectivity index (χ1) is 7.68. The summed E-state index contributed by atoms with van der Waals surface area (Å²) in [7, 11) is 0. The van der Waals surface area contributed by atoms with Crippen LogP contribution in [0.15, 0.2) is 41.1 Å². The predicted molar refractivity (Wildman–Crippen MR) is 60.7 cm³/mol. The van der Waals surface area contributed by atoms with E-state index in [1.165, 1.54) is 0 Å². The number of pyridine rings is 1. The topological polar surface area (TPSA) is 43.1 Å². The Hall–Kier alpha value is -1.61. The molecule has 0 aromatic carbocycles. The highest BCUT2D eigenvalue weighted by Gasteiger charge is 2.19. The van der Waals surface area contributed by atoms with Crippen LogP contribution in [-0.2, 0) is 0 Å². The number of aromatic nitrogens is 1. The highest BCUT2D eigenvalue weighted by Crippen LogP contribution is 2.22. The Balaban J connectivity index is 2.23. The number of furan rings is 1. The third-order valence-corrected chi connectivity index (χ3v) is 2.62. The number of halogens is 1. The van der Waals surface area contributed by atoms with E-state index in [-0.39, 0.29) is 22.7 Å². The molecule has 2 rings (SSSR count). The van der Waals surface area contributed by atoms with Crippen LogP contribution < -0.4 is 0 Å². The third kappa shape index (κ3) is 2.14. The van der Waals surface area contributed by atoms with Gasteiger partial charge in [0.05, 0.1) is 0 Å². The van der Waals surface area contributed by atoms with Crippen molar-refractivity contribution in [2.24, 2.45) is 0 Å². The molecule has 0 saturated carbocycles. The summed E-state index contributed by atoms with van der Waals surface area (Å²) < 4.78 is 5.09. The molecule has 0 N–H and O–H groups in total. The van der Waals surface area contributed by atoms with Gasteiger partial charge in [-0.2, -0.15) is 0 Å². The lowest BCUT2D eigenvalue weighted by molar-refractivity contribution is 0.0939. The monoisotopic (exact) mass is 235 g/mol. The molecular weight excluding hydrogens is 226 g/mol. The molecule has 0 amide bonds. The zero-order valence-corrected chi connectivity index (χ0v) is 9.44. The minimum atomic E-state index is -0.259. The van der Waals surface area contributed by atoms with Crippen LogP contribution in [0, 0.1) is 0 Å². The molecule has 0 radical (unpaired) electrons. The Labute approximate surface area is 98.1 Å². The summed E-state index contributed by atoms with van der Waals surface area (Å²) >= 11 is 5.63. The van der Waals surface area contributed by atoms with E-state index in [2.05, 4.69) is 4.98 Å². The summed E-state index contributed by atoms with van der Waals surface area (Å²) in [6.45, 7) is 1.83. The molecule has 16 heavy (non-hydrogen) atoms. The number of carbonyl (C=O) groups is 1. The van der Waals surface area contributed by atoms with Gasteiger partial charge in [0, 0.05) is 18.3 Å². The Morgan fingerprint density at radius 2 is 2.00 bits per heavy atom. The summed E-state index contributed by atoms with van der Waals surface area (Å²) in [6.07, 6.45) is 3.32. The Morgan fingerprint density at radius 3 is 2.56 bits per heavy atom. The number of Topliss-reactive ketones (excluding diaryl/α,β-unsaturated/α-hetero) is 1. The molecule has 1 atom stereocenters. The maximum atomic E-state index is 12.0. The summed E-state index contributed by atoms with van der Waals surface area (Å²) in [5, 5.41) is 0.227. The van der Waals surface area contributed by atoms with Crippen LogP contribution >= 0.6 is 11.6 Å². The van der Waals surface area contributed by atoms with Crippen molar-refractivity contribution in [3.63, 3.8) is 0 Å². The molecule has 4 heteroatoms. The van der Waals surface area contributed by atoms with Gasteiger partial charge in [0.1, 0.15) is 0 Å². The van der Waals surface area contributed by atoms with Gasteiger partial charge in [-0.3, -0.25) is 9.78 Å². The van der Waals surface area contributed by atoms with Gasteiger partial charge in [0.2, 0.25) is 5.78 Å². The van der Waals surface area contributed by atoms with Crippen LogP contribution in [0.25, 0.3) is 0 Å². The Kier molecular flexibility index (Phi) is 3.06. The van der Waals surface area contributed by atoms with Crippen molar-refractivity contribution in [3.05, 3.63) is 53.2 Å². The molecule has 0 spiro atoms. The van der Waals surface area contributed by atoms with Crippen LogP contribution in [0.4, 0.5) is 0 Å². The van der Waals surface area contributed by atoms with Crippen molar-refractivity contribution >= 4 is 17.4 Å². The van der Waals surface area contributed by atoms with Gasteiger partial charge >= 0.3 is 0 Å². The quantitative estimate of drug-likeness (QED) is 0.767. The molecule has 0 aliphatic heterocycles. The number of rotatable bonds is 3. The SMILES string of the molecule is CC(C(=O)c1ccc(Cl)o1)c1ccncc1. The number of nitrogens with zero attached hydrogens (tertiary/aromatic N) is 1. The van der Waals surface area contributed by atoms with E-state index in [1.807, 2.05) is 19.1 Å². The molecule has 3 nitrogen and oxygen atoms in total. The maximum Gasteiger partial charge on any atom is 0.205 e. The molecule has 0 aliphatic carbocycles. The molecule has 1 unspecified atom stereocenters. The second kappa shape index (κ2) is 4.49. The largest absolute Gasteiger partial charge is 0.442 e. The first-order valence-corrected chi connectivity index (χ1v) is 5.26. The van der Waals surface area contributed by atoms with Gasteiger partial charge in [0.15, 0.2) is 11.0 Å². The average Bonchev–Trinajstić information content (AvgIpc) is 2.75. The molecule has 82 valence electrons. The van der Waals surface area contributed by atoms with Gasteiger partial charge in [-0.1, -0.05) is 6.92 Å². The van der Waals surface area contributed by atoms with Crippen molar-refractivity contribution in [2.75, 3.05) is 0 Å². The summed E-state index contributed by atoms with van der Waals surface area (Å²) in [5.74, 6) is -0.0578. The molecule has 2 heterocycles. The minimum absolute atomic E-state index is 0.0851. The smallest absolute Gasteiger partial charge is 0.205 e. The lowest BCUT2D eigenvalue weighted by atomic mass is 9.96. The minimum Gasteiger partial charge on any atom is -0.442 e. The standard InChI is InChI=1S/C12H10ClNO2/c1-8(9-4-6-14-7-5-9)12(15)10-2-3-11(13)16-10/h2-8H,1H3. The third-order valence-electron chi connectivity index (χ3n) is 2.42. The van der Waals surface area contributed by atoms with Crippen molar-refractivity contribution in [1.82, 2.24) is 4.98 Å². The van der Waals surface area contributed by atoms with E-state index >= 15 is 0 Å². The van der Waals surface area contributed by atoms with Crippen LogP contribution in [-0.4, -0.2) is 10.8 Å². The van der Waals surface area contributed by atoms with Crippen molar-refractivity contribution in [1.29, 1.82) is 0 Å². The second-order valence-corrected chi connectivity index (χ2v) is 3.84. The Morgan fingerprint density at radius 1 is 1.31 bits per heavy atom. The normalized spacial score (nSPS) is 12.4. The first kappa shape index (κ1) is 10.9. The van der Waals surface area contributed by atoms with E-state index in [4.69, 9.17) is 16.0 Å². The lowest BCUT2D eigenvalue weighted by Crippen LogP contribution is -2.08. The lowest BCUT2D eigenvalue weighted by Gasteiger charge is -2.07. The molecule has 0 saturated heterocycles. The van der Waals surface area contributed by atoms with Crippen LogP contribution in [0.3, 0.4) is 0 Å². The molecular formula is C12H10ClNO2. The molecule has 0 aliphatic rings. The van der Waals surface area contributed by atoms with Gasteiger partial charge < -0.3 is 4.42 Å². The van der Waals surface area contributed by atoms with E-state index in [9.17, 15) is 4.79 Å². The van der Waals surface area contributed by atoms with Crippen molar-refractivity contribution < 1.29 is 9.21 Å². The Bertz CT molecular complexity index is 493. The van der Waals surface area contributed by atoms with E-state index < -0.39 is 0 Å². The second-order valence-electron chi connectivity index (χ2n) is 3.47. The van der Waals surface area contributed by atoms with Gasteiger partial charge in [-0.15, -0.1) is 0 Å².